The van der Waals surface area contributed by atoms with Gasteiger partial charge in [-0.25, -0.2) is 0 Å². The number of hydrogen-bond acceptors (Lipinski definition) is 4. The van der Waals surface area contributed by atoms with Gasteiger partial charge in [0.1, 0.15) is 5.76 Å². The minimum Gasteiger partial charge on any atom is -0.360 e. The number of piperidine rings is 1. The Bertz CT molecular complexity index is 716. The minimum absolute atomic E-state index is 0.0105. The van der Waals surface area contributed by atoms with Crippen LogP contribution in [-0.4, -0.2) is 34.3 Å². The first kappa shape index (κ1) is 15.8. The van der Waals surface area contributed by atoms with Crippen LogP contribution in [0.1, 0.15) is 47.3 Å². The molecule has 2 unspecified atom stereocenters. The van der Waals surface area contributed by atoms with Crippen molar-refractivity contribution in [3.8, 4) is 5.82 Å². The molecular formula is C17H24N4O2. The van der Waals surface area contributed by atoms with Crippen LogP contribution in [0, 0.1) is 20.8 Å². The molecule has 0 aromatic carbocycles. The van der Waals surface area contributed by atoms with Gasteiger partial charge in [0.2, 0.25) is 0 Å². The molecule has 3 heterocycles. The molecule has 0 spiro atoms. The molecule has 0 bridgehead atoms. The maximum atomic E-state index is 12.7. The summed E-state index contributed by atoms with van der Waals surface area (Å²) in [5.74, 6) is 1.46. The van der Waals surface area contributed by atoms with Crippen molar-refractivity contribution in [2.24, 2.45) is 0 Å². The number of nitrogens with zero attached hydrogens (tertiary/aromatic N) is 2. The van der Waals surface area contributed by atoms with E-state index in [1.807, 2.05) is 37.5 Å². The molecule has 6 heteroatoms. The molecule has 2 aromatic rings. The quantitative estimate of drug-likeness (QED) is 0.911. The summed E-state index contributed by atoms with van der Waals surface area (Å²) in [7, 11) is 0. The van der Waals surface area contributed by atoms with Crippen LogP contribution in [0.4, 0.5) is 0 Å². The summed E-state index contributed by atoms with van der Waals surface area (Å²) in [6.07, 6.45) is 1.93. The van der Waals surface area contributed by atoms with Gasteiger partial charge in [-0.05, 0) is 53.1 Å². The predicted octanol–water partition coefficient (Wildman–Crippen LogP) is 2.26. The zero-order chi connectivity index (χ0) is 16.6. The van der Waals surface area contributed by atoms with Gasteiger partial charge < -0.3 is 15.2 Å². The van der Waals surface area contributed by atoms with Gasteiger partial charge in [-0.2, -0.15) is 0 Å². The van der Waals surface area contributed by atoms with Crippen molar-refractivity contribution in [3.63, 3.8) is 0 Å². The van der Waals surface area contributed by atoms with Crippen molar-refractivity contribution >= 4 is 5.91 Å². The highest BCUT2D eigenvalue weighted by Crippen LogP contribution is 2.21. The lowest BCUT2D eigenvalue weighted by Gasteiger charge is -2.28. The molecule has 23 heavy (non-hydrogen) atoms. The van der Waals surface area contributed by atoms with E-state index in [1.54, 1.807) is 0 Å². The summed E-state index contributed by atoms with van der Waals surface area (Å²) in [4.78, 5) is 12.7. The molecule has 1 aliphatic heterocycles. The molecule has 2 aromatic heterocycles. The van der Waals surface area contributed by atoms with Crippen molar-refractivity contribution in [2.45, 2.75) is 52.6 Å². The predicted molar refractivity (Wildman–Crippen MR) is 88.0 cm³/mol. The van der Waals surface area contributed by atoms with Crippen molar-refractivity contribution in [1.29, 1.82) is 0 Å². The number of carbonyl (C=O) groups is 1. The average Bonchev–Trinajstić information content (AvgIpc) is 3.02. The Labute approximate surface area is 136 Å². The molecule has 1 fully saturated rings. The minimum atomic E-state index is -0.0105. The molecule has 0 aliphatic carbocycles. The van der Waals surface area contributed by atoms with E-state index in [4.69, 9.17) is 4.52 Å². The fraction of sp³-hybridized carbons (Fsp3) is 0.529. The summed E-state index contributed by atoms with van der Waals surface area (Å²) in [6, 6.07) is 4.46. The Morgan fingerprint density at radius 3 is 2.83 bits per heavy atom. The molecule has 1 aliphatic rings. The lowest BCUT2D eigenvalue weighted by Crippen LogP contribution is -2.46. The molecule has 0 saturated carbocycles. The summed E-state index contributed by atoms with van der Waals surface area (Å²) < 4.78 is 7.11. The second kappa shape index (κ2) is 6.20. The summed E-state index contributed by atoms with van der Waals surface area (Å²) in [5, 5.41) is 10.6. The van der Waals surface area contributed by atoms with Crippen LogP contribution in [0.15, 0.2) is 16.7 Å². The molecule has 1 saturated heterocycles. The normalized spacial score (nSPS) is 21.4. The highest BCUT2D eigenvalue weighted by atomic mass is 16.5. The third-order valence-electron chi connectivity index (χ3n) is 4.48. The number of hydrogen-bond donors (Lipinski definition) is 2. The third kappa shape index (κ3) is 3.17. The monoisotopic (exact) mass is 316 g/mol. The fourth-order valence-electron chi connectivity index (χ4n) is 3.33. The van der Waals surface area contributed by atoms with Gasteiger partial charge in [0.05, 0.1) is 5.56 Å². The molecular weight excluding hydrogens is 292 g/mol. The number of rotatable bonds is 3. The zero-order valence-electron chi connectivity index (χ0n) is 14.1. The first-order valence-electron chi connectivity index (χ1n) is 8.12. The van der Waals surface area contributed by atoms with Crippen molar-refractivity contribution < 1.29 is 9.32 Å². The highest BCUT2D eigenvalue weighted by molar-refractivity contribution is 5.96. The maximum Gasteiger partial charge on any atom is 0.253 e. The Morgan fingerprint density at radius 1 is 1.39 bits per heavy atom. The van der Waals surface area contributed by atoms with Crippen LogP contribution in [0.2, 0.25) is 0 Å². The molecule has 2 atom stereocenters. The number of aromatic nitrogens is 2. The summed E-state index contributed by atoms with van der Waals surface area (Å²) >= 11 is 0. The molecule has 1 amide bonds. The van der Waals surface area contributed by atoms with Gasteiger partial charge in [-0.15, -0.1) is 0 Å². The third-order valence-corrected chi connectivity index (χ3v) is 4.48. The molecule has 0 radical (unpaired) electrons. The van der Waals surface area contributed by atoms with E-state index in [0.717, 1.165) is 36.5 Å². The smallest absolute Gasteiger partial charge is 0.253 e. The van der Waals surface area contributed by atoms with Crippen LogP contribution >= 0.6 is 0 Å². The Kier molecular flexibility index (Phi) is 4.26. The standard InChI is InChI=1S/C17H24N4O2/c1-10-7-14(5-6-18-10)19-17(22)15-8-11(2)21(13(15)4)16-9-12(3)23-20-16/h8-10,14,18H,5-7H2,1-4H3,(H,19,22). The number of aryl methyl sites for hydroxylation is 2. The van der Waals surface area contributed by atoms with E-state index in [1.165, 1.54) is 0 Å². The second-order valence-corrected chi connectivity index (χ2v) is 6.47. The van der Waals surface area contributed by atoms with Gasteiger partial charge in [-0.3, -0.25) is 9.36 Å². The van der Waals surface area contributed by atoms with E-state index in [-0.39, 0.29) is 11.9 Å². The zero-order valence-corrected chi connectivity index (χ0v) is 14.1. The Hall–Kier alpha value is -2.08. The van der Waals surface area contributed by atoms with Gasteiger partial charge in [-0.1, -0.05) is 5.16 Å². The molecule has 3 rings (SSSR count). The van der Waals surface area contributed by atoms with E-state index in [9.17, 15) is 4.79 Å². The average molecular weight is 316 g/mol. The van der Waals surface area contributed by atoms with Crippen LogP contribution < -0.4 is 10.6 Å². The van der Waals surface area contributed by atoms with Gasteiger partial charge in [0.25, 0.3) is 5.91 Å². The molecule has 2 N–H and O–H groups in total. The highest BCUT2D eigenvalue weighted by Gasteiger charge is 2.23. The van der Waals surface area contributed by atoms with Crippen LogP contribution in [0.3, 0.4) is 0 Å². The topological polar surface area (TPSA) is 72.1 Å². The Morgan fingerprint density at radius 2 is 2.17 bits per heavy atom. The Balaban J connectivity index is 1.81. The van der Waals surface area contributed by atoms with Gasteiger partial charge in [0, 0.05) is 29.5 Å². The van der Waals surface area contributed by atoms with Crippen molar-refractivity contribution in [2.75, 3.05) is 6.54 Å². The lowest BCUT2D eigenvalue weighted by atomic mass is 10.0. The molecule has 6 nitrogen and oxygen atoms in total. The van der Waals surface area contributed by atoms with Gasteiger partial charge in [0.15, 0.2) is 5.82 Å². The number of nitrogens with one attached hydrogen (secondary N) is 2. The maximum absolute atomic E-state index is 12.7. The van der Waals surface area contributed by atoms with Crippen LogP contribution in [-0.2, 0) is 0 Å². The second-order valence-electron chi connectivity index (χ2n) is 6.47. The van der Waals surface area contributed by atoms with E-state index >= 15 is 0 Å². The molecule has 124 valence electrons. The summed E-state index contributed by atoms with van der Waals surface area (Å²) in [5.41, 5.74) is 2.56. The first-order valence-corrected chi connectivity index (χ1v) is 8.12. The van der Waals surface area contributed by atoms with Crippen molar-refractivity contribution in [1.82, 2.24) is 20.4 Å². The van der Waals surface area contributed by atoms with Crippen LogP contribution in [0.5, 0.6) is 0 Å². The van der Waals surface area contributed by atoms with Crippen molar-refractivity contribution in [3.05, 3.63) is 34.8 Å². The van der Waals surface area contributed by atoms with Crippen LogP contribution in [0.25, 0.3) is 5.82 Å². The van der Waals surface area contributed by atoms with E-state index < -0.39 is 0 Å². The first-order chi connectivity index (χ1) is 11.0. The van der Waals surface area contributed by atoms with Gasteiger partial charge >= 0.3 is 0 Å². The van der Waals surface area contributed by atoms with E-state index in [0.29, 0.717) is 17.4 Å². The number of carbonyl (C=O) groups excluding carboxylic acids is 1. The van der Waals surface area contributed by atoms with E-state index in [2.05, 4.69) is 22.7 Å². The summed E-state index contributed by atoms with van der Waals surface area (Å²) in [6.45, 7) is 8.87. The SMILES string of the molecule is Cc1cc(-n2c(C)cc(C(=O)NC3CCNC(C)C3)c2C)no1. The largest absolute Gasteiger partial charge is 0.360 e. The fourth-order valence-corrected chi connectivity index (χ4v) is 3.33. The lowest BCUT2D eigenvalue weighted by molar-refractivity contribution is 0.0925. The number of amides is 1.